The summed E-state index contributed by atoms with van der Waals surface area (Å²) in [4.78, 5) is 11.3. The van der Waals surface area contributed by atoms with Crippen LogP contribution in [-0.4, -0.2) is 19.5 Å². The predicted molar refractivity (Wildman–Crippen MR) is 61.9 cm³/mol. The Balaban J connectivity index is 3.22. The van der Waals surface area contributed by atoms with Gasteiger partial charge in [0.1, 0.15) is 11.5 Å². The van der Waals surface area contributed by atoms with Crippen molar-refractivity contribution in [2.75, 3.05) is 13.7 Å². The first-order valence-electron chi connectivity index (χ1n) is 4.61. The summed E-state index contributed by atoms with van der Waals surface area (Å²) >= 11 is 3.35. The number of hydrogen-bond donors (Lipinski definition) is 0. The predicted octanol–water partition coefficient (Wildman–Crippen LogP) is 3.06. The van der Waals surface area contributed by atoms with Gasteiger partial charge in [-0.15, -0.1) is 0 Å². The van der Waals surface area contributed by atoms with Crippen LogP contribution in [0, 0.1) is 0 Å². The Bertz CT molecular complexity index is 374. The zero-order valence-corrected chi connectivity index (χ0v) is 10.6. The van der Waals surface area contributed by atoms with Gasteiger partial charge in [-0.25, -0.2) is 0 Å². The van der Waals surface area contributed by atoms with Crippen molar-refractivity contribution in [1.29, 1.82) is 0 Å². The Labute approximate surface area is 97.5 Å². The summed E-state index contributed by atoms with van der Waals surface area (Å²) in [6.45, 7) is 3.98. The lowest BCUT2D eigenvalue weighted by Crippen LogP contribution is -2.00. The summed E-state index contributed by atoms with van der Waals surface area (Å²) in [5.41, 5.74) is 0.549. The van der Waals surface area contributed by atoms with E-state index in [0.29, 0.717) is 23.7 Å². The van der Waals surface area contributed by atoms with E-state index in [0.717, 1.165) is 4.47 Å². The van der Waals surface area contributed by atoms with Gasteiger partial charge in [0.25, 0.3) is 0 Å². The molecule has 0 aliphatic carbocycles. The Kier molecular flexibility index (Phi) is 4.15. The molecule has 0 unspecified atom stereocenters. The maximum absolute atomic E-state index is 11.3. The third-order valence-corrected chi connectivity index (χ3v) is 2.55. The number of halogens is 1. The Morgan fingerprint density at radius 3 is 2.53 bits per heavy atom. The smallest absolute Gasteiger partial charge is 0.163 e. The van der Waals surface area contributed by atoms with Gasteiger partial charge in [0.05, 0.1) is 23.8 Å². The highest BCUT2D eigenvalue weighted by Gasteiger charge is 2.12. The number of hydrogen-bond acceptors (Lipinski definition) is 3. The second-order valence-corrected chi connectivity index (χ2v) is 3.83. The molecule has 0 heterocycles. The molecule has 0 aliphatic rings. The summed E-state index contributed by atoms with van der Waals surface area (Å²) in [7, 11) is 1.53. The average Bonchev–Trinajstić information content (AvgIpc) is 2.20. The molecule has 1 aromatic rings. The summed E-state index contributed by atoms with van der Waals surface area (Å²) in [6, 6.07) is 3.43. The fraction of sp³-hybridized carbons (Fsp3) is 0.364. The Morgan fingerprint density at radius 2 is 2.07 bits per heavy atom. The standard InChI is InChI=1S/C11H13BrO3/c1-4-15-11-6-10(14-3)8(7(2)13)5-9(11)12/h5-6H,4H2,1-3H3. The second-order valence-electron chi connectivity index (χ2n) is 2.97. The van der Waals surface area contributed by atoms with E-state index in [1.54, 1.807) is 12.1 Å². The molecule has 0 amide bonds. The highest BCUT2D eigenvalue weighted by Crippen LogP contribution is 2.33. The van der Waals surface area contributed by atoms with Crippen LogP contribution >= 0.6 is 15.9 Å². The van der Waals surface area contributed by atoms with Crippen molar-refractivity contribution >= 4 is 21.7 Å². The number of carbonyl (C=O) groups is 1. The molecule has 82 valence electrons. The third kappa shape index (κ3) is 2.72. The van der Waals surface area contributed by atoms with Crippen LogP contribution in [0.15, 0.2) is 16.6 Å². The molecule has 0 aromatic heterocycles. The van der Waals surface area contributed by atoms with Crippen molar-refractivity contribution in [3.63, 3.8) is 0 Å². The second kappa shape index (κ2) is 5.16. The van der Waals surface area contributed by atoms with Crippen LogP contribution in [0.25, 0.3) is 0 Å². The number of ketones is 1. The van der Waals surface area contributed by atoms with Crippen LogP contribution in [0.3, 0.4) is 0 Å². The fourth-order valence-corrected chi connectivity index (χ4v) is 1.70. The molecule has 4 heteroatoms. The van der Waals surface area contributed by atoms with Gasteiger partial charge in [-0.3, -0.25) is 4.79 Å². The minimum absolute atomic E-state index is 0.0319. The largest absolute Gasteiger partial charge is 0.496 e. The van der Waals surface area contributed by atoms with Crippen LogP contribution in [0.5, 0.6) is 11.5 Å². The monoisotopic (exact) mass is 272 g/mol. The van der Waals surface area contributed by atoms with E-state index in [9.17, 15) is 4.79 Å². The van der Waals surface area contributed by atoms with E-state index in [2.05, 4.69) is 15.9 Å². The van der Waals surface area contributed by atoms with Gasteiger partial charge in [-0.05, 0) is 35.8 Å². The van der Waals surface area contributed by atoms with Crippen LogP contribution in [0.4, 0.5) is 0 Å². The molecule has 3 nitrogen and oxygen atoms in total. The molecular formula is C11H13BrO3. The molecular weight excluding hydrogens is 260 g/mol. The minimum Gasteiger partial charge on any atom is -0.496 e. The van der Waals surface area contributed by atoms with Crippen molar-refractivity contribution in [3.8, 4) is 11.5 Å². The zero-order chi connectivity index (χ0) is 11.4. The van der Waals surface area contributed by atoms with Crippen molar-refractivity contribution < 1.29 is 14.3 Å². The SMILES string of the molecule is CCOc1cc(OC)c(C(C)=O)cc1Br. The summed E-state index contributed by atoms with van der Waals surface area (Å²) in [6.07, 6.45) is 0. The molecule has 0 spiro atoms. The first-order chi connectivity index (χ1) is 7.10. The van der Waals surface area contributed by atoms with Crippen molar-refractivity contribution in [3.05, 3.63) is 22.2 Å². The molecule has 1 rings (SSSR count). The van der Waals surface area contributed by atoms with E-state index < -0.39 is 0 Å². The van der Waals surface area contributed by atoms with Gasteiger partial charge in [-0.2, -0.15) is 0 Å². The fourth-order valence-electron chi connectivity index (χ4n) is 1.24. The molecule has 0 fully saturated rings. The highest BCUT2D eigenvalue weighted by atomic mass is 79.9. The molecule has 0 bridgehead atoms. The summed E-state index contributed by atoms with van der Waals surface area (Å²) in [5, 5.41) is 0. The first-order valence-corrected chi connectivity index (χ1v) is 5.40. The van der Waals surface area contributed by atoms with E-state index in [4.69, 9.17) is 9.47 Å². The van der Waals surface area contributed by atoms with Gasteiger partial charge in [0.2, 0.25) is 0 Å². The average molecular weight is 273 g/mol. The van der Waals surface area contributed by atoms with Crippen molar-refractivity contribution in [1.82, 2.24) is 0 Å². The molecule has 0 atom stereocenters. The highest BCUT2D eigenvalue weighted by molar-refractivity contribution is 9.10. The van der Waals surface area contributed by atoms with E-state index in [-0.39, 0.29) is 5.78 Å². The summed E-state index contributed by atoms with van der Waals surface area (Å²) < 4.78 is 11.3. The molecule has 0 aliphatic heterocycles. The van der Waals surface area contributed by atoms with Gasteiger partial charge in [-0.1, -0.05) is 0 Å². The molecule has 0 saturated heterocycles. The Morgan fingerprint density at radius 1 is 1.40 bits per heavy atom. The topological polar surface area (TPSA) is 35.5 Å². The zero-order valence-electron chi connectivity index (χ0n) is 8.96. The van der Waals surface area contributed by atoms with Gasteiger partial charge < -0.3 is 9.47 Å². The van der Waals surface area contributed by atoms with Crippen LogP contribution in [0.1, 0.15) is 24.2 Å². The van der Waals surface area contributed by atoms with Crippen LogP contribution in [0.2, 0.25) is 0 Å². The normalized spacial score (nSPS) is 9.87. The van der Waals surface area contributed by atoms with E-state index in [1.807, 2.05) is 6.92 Å². The van der Waals surface area contributed by atoms with Crippen LogP contribution < -0.4 is 9.47 Å². The number of carbonyl (C=O) groups excluding carboxylic acids is 1. The van der Waals surface area contributed by atoms with Crippen molar-refractivity contribution in [2.24, 2.45) is 0 Å². The first kappa shape index (κ1) is 12.0. The lowest BCUT2D eigenvalue weighted by molar-refractivity contribution is 0.101. The van der Waals surface area contributed by atoms with Crippen molar-refractivity contribution in [2.45, 2.75) is 13.8 Å². The van der Waals surface area contributed by atoms with E-state index in [1.165, 1.54) is 14.0 Å². The molecule has 1 aromatic carbocycles. The maximum atomic E-state index is 11.3. The quantitative estimate of drug-likeness (QED) is 0.791. The number of rotatable bonds is 4. The lowest BCUT2D eigenvalue weighted by Gasteiger charge is -2.11. The number of methoxy groups -OCH3 is 1. The van der Waals surface area contributed by atoms with E-state index >= 15 is 0 Å². The van der Waals surface area contributed by atoms with Gasteiger partial charge in [0.15, 0.2) is 5.78 Å². The number of benzene rings is 1. The number of Topliss-reactive ketones (excluding diaryl/α,β-unsaturated/α-hetero) is 1. The third-order valence-electron chi connectivity index (χ3n) is 1.93. The summed E-state index contributed by atoms with van der Waals surface area (Å²) in [5.74, 6) is 1.18. The molecule has 0 N–H and O–H groups in total. The minimum atomic E-state index is -0.0319. The molecule has 15 heavy (non-hydrogen) atoms. The molecule has 0 radical (unpaired) electrons. The molecule has 0 saturated carbocycles. The maximum Gasteiger partial charge on any atom is 0.163 e. The lowest BCUT2D eigenvalue weighted by atomic mass is 10.1. The number of ether oxygens (including phenoxy) is 2. The Hall–Kier alpha value is -1.03. The van der Waals surface area contributed by atoms with Gasteiger partial charge >= 0.3 is 0 Å². The van der Waals surface area contributed by atoms with Crippen LogP contribution in [-0.2, 0) is 0 Å². The van der Waals surface area contributed by atoms with Gasteiger partial charge in [0, 0.05) is 6.07 Å².